The molecule has 1 aromatic rings. The van der Waals surface area contributed by atoms with Crippen LogP contribution in [0.5, 0.6) is 5.75 Å². The molecule has 0 radical (unpaired) electrons. The lowest BCUT2D eigenvalue weighted by Gasteiger charge is -2.32. The highest BCUT2D eigenvalue weighted by atomic mass is 32.2. The molecule has 0 unspecified atom stereocenters. The summed E-state index contributed by atoms with van der Waals surface area (Å²) >= 11 is 1.14. The molecule has 1 aliphatic heterocycles. The number of thioether (sulfide) groups is 1. The van der Waals surface area contributed by atoms with Gasteiger partial charge in [-0.2, -0.15) is 0 Å². The molecule has 0 aromatic heterocycles. The molecule has 130 valence electrons. The third-order valence-electron chi connectivity index (χ3n) is 4.32. The lowest BCUT2D eigenvalue weighted by Crippen LogP contribution is -2.41. The van der Waals surface area contributed by atoms with Gasteiger partial charge in [-0.15, -0.1) is 0 Å². The second-order valence-corrected chi connectivity index (χ2v) is 7.95. The summed E-state index contributed by atoms with van der Waals surface area (Å²) in [5, 5.41) is 9.29. The van der Waals surface area contributed by atoms with Gasteiger partial charge in [0.25, 0.3) is 0 Å². The smallest absolute Gasteiger partial charge is 0.491 e. The summed E-state index contributed by atoms with van der Waals surface area (Å²) in [7, 11) is -0.612. The fourth-order valence-corrected chi connectivity index (χ4v) is 2.77. The Kier molecular flexibility index (Phi) is 5.47. The maximum Gasteiger partial charge on any atom is 0.491 e. The SMILES string of the molecule is CC(=O)SCC(=Cc1ccc(O)c(F)c1)B1OC(C)(C)C(C)(C)O1. The highest BCUT2D eigenvalue weighted by Crippen LogP contribution is 2.39. The van der Waals surface area contributed by atoms with Gasteiger partial charge in [0.05, 0.1) is 11.2 Å². The second kappa shape index (κ2) is 6.90. The van der Waals surface area contributed by atoms with E-state index in [0.29, 0.717) is 11.3 Å². The summed E-state index contributed by atoms with van der Waals surface area (Å²) in [6.07, 6.45) is 1.74. The molecule has 1 N–H and O–H groups in total. The zero-order valence-corrected chi connectivity index (χ0v) is 15.4. The van der Waals surface area contributed by atoms with Gasteiger partial charge >= 0.3 is 7.12 Å². The van der Waals surface area contributed by atoms with E-state index in [-0.39, 0.29) is 5.12 Å². The molecular formula is C17H22BFO4S. The van der Waals surface area contributed by atoms with Crippen molar-refractivity contribution in [2.75, 3.05) is 5.75 Å². The average molecular weight is 352 g/mol. The van der Waals surface area contributed by atoms with E-state index in [4.69, 9.17) is 9.31 Å². The highest BCUT2D eigenvalue weighted by molar-refractivity contribution is 8.13. The van der Waals surface area contributed by atoms with Gasteiger partial charge < -0.3 is 14.4 Å². The lowest BCUT2D eigenvalue weighted by molar-refractivity contribution is -0.109. The quantitative estimate of drug-likeness (QED) is 0.835. The molecule has 24 heavy (non-hydrogen) atoms. The molecule has 1 aromatic carbocycles. The van der Waals surface area contributed by atoms with Crippen molar-refractivity contribution in [3.05, 3.63) is 35.1 Å². The summed E-state index contributed by atoms with van der Waals surface area (Å²) in [5.41, 5.74) is 0.300. The molecule has 1 heterocycles. The van der Waals surface area contributed by atoms with Gasteiger partial charge in [-0.1, -0.05) is 23.9 Å². The van der Waals surface area contributed by atoms with E-state index in [1.165, 1.54) is 19.1 Å². The van der Waals surface area contributed by atoms with Crippen molar-refractivity contribution in [3.8, 4) is 5.75 Å². The lowest BCUT2D eigenvalue weighted by atomic mass is 9.78. The van der Waals surface area contributed by atoms with Crippen molar-refractivity contribution in [1.29, 1.82) is 0 Å². The predicted molar refractivity (Wildman–Crippen MR) is 95.3 cm³/mol. The van der Waals surface area contributed by atoms with Crippen LogP contribution in [0.1, 0.15) is 40.2 Å². The second-order valence-electron chi connectivity index (χ2n) is 6.80. The Balaban J connectivity index is 2.33. The van der Waals surface area contributed by atoms with Crippen molar-refractivity contribution in [2.45, 2.75) is 45.8 Å². The summed E-state index contributed by atoms with van der Waals surface area (Å²) in [6.45, 7) is 9.28. The molecule has 7 heteroatoms. The number of phenols is 1. The molecule has 4 nitrogen and oxygen atoms in total. The van der Waals surface area contributed by atoms with Gasteiger partial charge in [0.1, 0.15) is 0 Å². The van der Waals surface area contributed by atoms with Crippen molar-refractivity contribution in [2.24, 2.45) is 0 Å². The van der Waals surface area contributed by atoms with E-state index >= 15 is 0 Å². The number of rotatable bonds is 4. The first-order chi connectivity index (χ1) is 11.0. The number of aromatic hydroxyl groups is 1. The van der Waals surface area contributed by atoms with Crippen LogP contribution in [0.4, 0.5) is 4.39 Å². The zero-order chi connectivity index (χ0) is 18.1. The van der Waals surface area contributed by atoms with Crippen LogP contribution >= 0.6 is 11.8 Å². The van der Waals surface area contributed by atoms with Gasteiger partial charge in [-0.25, -0.2) is 4.39 Å². The summed E-state index contributed by atoms with van der Waals surface area (Å²) in [6, 6.07) is 4.13. The summed E-state index contributed by atoms with van der Waals surface area (Å²) in [5.74, 6) is -0.715. The van der Waals surface area contributed by atoms with E-state index in [0.717, 1.165) is 17.2 Å². The van der Waals surface area contributed by atoms with E-state index in [1.807, 2.05) is 27.7 Å². The van der Waals surface area contributed by atoms with Gasteiger partial charge in [-0.3, -0.25) is 4.79 Å². The predicted octanol–water partition coefficient (Wildman–Crippen LogP) is 3.83. The first kappa shape index (κ1) is 19.0. The number of carbonyl (C=O) groups is 1. The Morgan fingerprint density at radius 3 is 2.38 bits per heavy atom. The van der Waals surface area contributed by atoms with Gasteiger partial charge in [0.2, 0.25) is 0 Å². The molecule has 0 saturated carbocycles. The Morgan fingerprint density at radius 1 is 1.29 bits per heavy atom. The van der Waals surface area contributed by atoms with E-state index < -0.39 is 29.9 Å². The number of phenolic OH excluding ortho intramolecular Hbond substituents is 1. The molecule has 2 rings (SSSR count). The molecule has 0 aliphatic carbocycles. The molecule has 0 atom stereocenters. The molecule has 0 bridgehead atoms. The maximum absolute atomic E-state index is 13.6. The number of hydrogen-bond acceptors (Lipinski definition) is 5. The van der Waals surface area contributed by atoms with Crippen LogP contribution < -0.4 is 0 Å². The van der Waals surface area contributed by atoms with Gasteiger partial charge in [-0.05, 0) is 50.9 Å². The molecule has 1 saturated heterocycles. The Morgan fingerprint density at radius 2 is 1.88 bits per heavy atom. The first-order valence-electron chi connectivity index (χ1n) is 7.70. The fraction of sp³-hybridized carbons (Fsp3) is 0.471. The number of halogens is 1. The van der Waals surface area contributed by atoms with Gasteiger partial charge in [0, 0.05) is 12.7 Å². The fourth-order valence-electron chi connectivity index (χ4n) is 2.18. The van der Waals surface area contributed by atoms with Crippen LogP contribution in [-0.4, -0.2) is 34.3 Å². The van der Waals surface area contributed by atoms with Crippen LogP contribution in [0.3, 0.4) is 0 Å². The van der Waals surface area contributed by atoms with Crippen molar-refractivity contribution < 1.29 is 23.6 Å². The van der Waals surface area contributed by atoms with Crippen molar-refractivity contribution in [1.82, 2.24) is 0 Å². The Hall–Kier alpha value is -1.31. The Bertz CT molecular complexity index is 657. The van der Waals surface area contributed by atoms with Crippen LogP contribution in [-0.2, 0) is 14.1 Å². The topological polar surface area (TPSA) is 55.8 Å². The van der Waals surface area contributed by atoms with Crippen LogP contribution in [0.15, 0.2) is 23.7 Å². The number of carbonyl (C=O) groups excluding carboxylic acids is 1. The molecule has 1 fully saturated rings. The standard InChI is InChI=1S/C17H22BFO4S/c1-11(20)24-10-13(8-12-6-7-15(21)14(19)9-12)18-22-16(2,3)17(4,5)23-18/h6-9,21H,10H2,1-5H3. The van der Waals surface area contributed by atoms with E-state index in [2.05, 4.69) is 0 Å². The van der Waals surface area contributed by atoms with Crippen molar-refractivity contribution in [3.63, 3.8) is 0 Å². The largest absolute Gasteiger partial charge is 0.505 e. The van der Waals surface area contributed by atoms with Crippen LogP contribution in [0.25, 0.3) is 6.08 Å². The zero-order valence-electron chi connectivity index (χ0n) is 14.6. The van der Waals surface area contributed by atoms with Crippen LogP contribution in [0, 0.1) is 5.82 Å². The third-order valence-corrected chi connectivity index (χ3v) is 5.21. The Labute approximate surface area is 146 Å². The average Bonchev–Trinajstić information content (AvgIpc) is 2.67. The normalized spacial score (nSPS) is 19.6. The first-order valence-corrected chi connectivity index (χ1v) is 8.68. The minimum absolute atomic E-state index is 0.0192. The number of benzene rings is 1. The number of hydrogen-bond donors (Lipinski definition) is 1. The highest BCUT2D eigenvalue weighted by Gasteiger charge is 2.52. The van der Waals surface area contributed by atoms with Crippen LogP contribution in [0.2, 0.25) is 0 Å². The minimum atomic E-state index is -0.698. The molecule has 1 aliphatic rings. The molecular weight excluding hydrogens is 330 g/mol. The minimum Gasteiger partial charge on any atom is -0.505 e. The van der Waals surface area contributed by atoms with E-state index in [9.17, 15) is 14.3 Å². The molecule has 0 amide bonds. The third kappa shape index (κ3) is 4.20. The summed E-state index contributed by atoms with van der Waals surface area (Å²) < 4.78 is 25.6. The van der Waals surface area contributed by atoms with Crippen molar-refractivity contribution >= 4 is 30.1 Å². The van der Waals surface area contributed by atoms with E-state index in [1.54, 1.807) is 12.1 Å². The monoisotopic (exact) mass is 352 g/mol. The summed E-state index contributed by atoms with van der Waals surface area (Å²) in [4.78, 5) is 11.3. The molecule has 0 spiro atoms. The maximum atomic E-state index is 13.6. The van der Waals surface area contributed by atoms with Gasteiger partial charge in [0.15, 0.2) is 16.7 Å².